The lowest BCUT2D eigenvalue weighted by Crippen LogP contribution is -2.47. The Kier molecular flexibility index (Phi) is 3.14. The Morgan fingerprint density at radius 1 is 1.50 bits per heavy atom. The molecule has 0 bridgehead atoms. The first-order valence-corrected chi connectivity index (χ1v) is 7.94. The van der Waals surface area contributed by atoms with E-state index >= 15 is 0 Å². The van der Waals surface area contributed by atoms with E-state index in [0.717, 1.165) is 12.8 Å². The maximum Gasteiger partial charge on any atom is 0.310 e. The lowest BCUT2D eigenvalue weighted by Gasteiger charge is -2.32. The average molecular weight is 331 g/mol. The maximum absolute atomic E-state index is 12.9. The molecule has 1 N–H and O–H groups in total. The van der Waals surface area contributed by atoms with Gasteiger partial charge in [0, 0.05) is 29.4 Å². The Balaban J connectivity index is 1.86. The summed E-state index contributed by atoms with van der Waals surface area (Å²) in [6.07, 6.45) is 2.00. The van der Waals surface area contributed by atoms with E-state index in [1.165, 1.54) is 19.2 Å². The van der Waals surface area contributed by atoms with Crippen molar-refractivity contribution >= 4 is 23.3 Å². The van der Waals surface area contributed by atoms with Crippen molar-refractivity contribution in [2.75, 3.05) is 19.0 Å². The van der Waals surface area contributed by atoms with E-state index in [1.54, 1.807) is 6.07 Å². The molecule has 24 heavy (non-hydrogen) atoms. The van der Waals surface area contributed by atoms with E-state index in [-0.39, 0.29) is 23.6 Å². The van der Waals surface area contributed by atoms with E-state index in [1.807, 2.05) is 4.90 Å². The van der Waals surface area contributed by atoms with Gasteiger partial charge >= 0.3 is 5.97 Å². The van der Waals surface area contributed by atoms with Crippen LogP contribution in [0.5, 0.6) is 0 Å². The normalized spacial score (nSPS) is 31.0. The summed E-state index contributed by atoms with van der Waals surface area (Å²) in [7, 11) is 1.35. The first-order valence-electron chi connectivity index (χ1n) is 7.94. The molecule has 0 aliphatic carbocycles. The molecule has 1 spiro atoms. The molecular weight excluding hydrogens is 314 g/mol. The van der Waals surface area contributed by atoms with Crippen LogP contribution in [-0.4, -0.2) is 41.4 Å². The van der Waals surface area contributed by atoms with Crippen LogP contribution in [0.2, 0.25) is 0 Å². The van der Waals surface area contributed by atoms with Crippen molar-refractivity contribution < 1.29 is 19.2 Å². The third-order valence-corrected chi connectivity index (χ3v) is 5.56. The number of amides is 1. The number of benzene rings is 1. The van der Waals surface area contributed by atoms with Crippen molar-refractivity contribution in [3.05, 3.63) is 33.9 Å². The van der Waals surface area contributed by atoms with Gasteiger partial charge < -0.3 is 10.1 Å². The molecule has 2 fully saturated rings. The number of carbonyl (C=O) groups is 2. The predicted octanol–water partition coefficient (Wildman–Crippen LogP) is 1.40. The molecule has 3 aliphatic rings. The minimum atomic E-state index is -1.01. The number of carbonyl (C=O) groups excluding carboxylic acids is 2. The van der Waals surface area contributed by atoms with Crippen LogP contribution < -0.4 is 5.32 Å². The number of fused-ring (bicyclic) bond motifs is 4. The van der Waals surface area contributed by atoms with Gasteiger partial charge in [0.15, 0.2) is 0 Å². The Bertz CT molecular complexity index is 764. The second kappa shape index (κ2) is 5.01. The summed E-state index contributed by atoms with van der Waals surface area (Å²) in [6, 6.07) is 4.35. The van der Waals surface area contributed by atoms with Crippen LogP contribution in [0.1, 0.15) is 24.8 Å². The first kappa shape index (κ1) is 15.1. The molecule has 4 rings (SSSR count). The molecule has 3 unspecified atom stereocenters. The molecule has 2 saturated heterocycles. The van der Waals surface area contributed by atoms with Crippen LogP contribution in [0.25, 0.3) is 0 Å². The van der Waals surface area contributed by atoms with Crippen molar-refractivity contribution in [1.29, 1.82) is 0 Å². The number of nitro benzene ring substituents is 1. The fourth-order valence-corrected chi connectivity index (χ4v) is 4.58. The molecule has 0 saturated carbocycles. The standard InChI is InChI=1S/C16H17N3O5/c1-24-14(20)10-8-16(18-6-2-3-13(10)18)11-7-9(19(22)23)4-5-12(11)17-15(16)21/h4-5,7,10,13H,2-3,6,8H2,1H3,(H,17,21). The van der Waals surface area contributed by atoms with E-state index in [0.29, 0.717) is 24.2 Å². The molecule has 1 aromatic rings. The third-order valence-electron chi connectivity index (χ3n) is 5.56. The smallest absolute Gasteiger partial charge is 0.310 e. The minimum Gasteiger partial charge on any atom is -0.469 e. The summed E-state index contributed by atoms with van der Waals surface area (Å²) >= 11 is 0. The number of hydrogen-bond donors (Lipinski definition) is 1. The monoisotopic (exact) mass is 331 g/mol. The fraction of sp³-hybridized carbons (Fsp3) is 0.500. The molecule has 3 atom stereocenters. The summed E-state index contributed by atoms with van der Waals surface area (Å²) in [4.78, 5) is 37.8. The molecule has 1 amide bonds. The lowest BCUT2D eigenvalue weighted by molar-refractivity contribution is -0.384. The number of non-ortho nitro benzene ring substituents is 1. The zero-order valence-electron chi connectivity index (χ0n) is 13.2. The number of anilines is 1. The highest BCUT2D eigenvalue weighted by Gasteiger charge is 2.63. The zero-order chi connectivity index (χ0) is 17.1. The Morgan fingerprint density at radius 3 is 3.00 bits per heavy atom. The Labute approximate surface area is 137 Å². The van der Waals surface area contributed by atoms with Crippen LogP contribution in [0.4, 0.5) is 11.4 Å². The van der Waals surface area contributed by atoms with Crippen molar-refractivity contribution in [2.24, 2.45) is 5.92 Å². The second-order valence-corrected chi connectivity index (χ2v) is 6.54. The van der Waals surface area contributed by atoms with Gasteiger partial charge in [0.1, 0.15) is 5.54 Å². The van der Waals surface area contributed by atoms with Gasteiger partial charge in [-0.3, -0.25) is 24.6 Å². The fourth-order valence-electron chi connectivity index (χ4n) is 4.58. The van der Waals surface area contributed by atoms with Gasteiger partial charge in [0.05, 0.1) is 18.0 Å². The first-order chi connectivity index (χ1) is 11.5. The number of nitrogens with zero attached hydrogens (tertiary/aromatic N) is 2. The number of ether oxygens (including phenoxy) is 1. The number of rotatable bonds is 2. The Morgan fingerprint density at radius 2 is 2.29 bits per heavy atom. The van der Waals surface area contributed by atoms with Gasteiger partial charge in [-0.25, -0.2) is 0 Å². The highest BCUT2D eigenvalue weighted by molar-refractivity contribution is 6.07. The van der Waals surface area contributed by atoms with E-state index in [9.17, 15) is 19.7 Å². The maximum atomic E-state index is 12.9. The number of methoxy groups -OCH3 is 1. The molecular formula is C16H17N3O5. The van der Waals surface area contributed by atoms with Crippen LogP contribution in [0.15, 0.2) is 18.2 Å². The largest absolute Gasteiger partial charge is 0.469 e. The number of esters is 1. The predicted molar refractivity (Wildman–Crippen MR) is 83.3 cm³/mol. The van der Waals surface area contributed by atoms with E-state index < -0.39 is 16.4 Å². The summed E-state index contributed by atoms with van der Waals surface area (Å²) in [5, 5.41) is 14.0. The van der Waals surface area contributed by atoms with E-state index in [4.69, 9.17) is 4.74 Å². The quantitative estimate of drug-likeness (QED) is 0.499. The number of nitrogens with one attached hydrogen (secondary N) is 1. The summed E-state index contributed by atoms with van der Waals surface area (Å²) in [6.45, 7) is 0.688. The van der Waals surface area contributed by atoms with Crippen LogP contribution in [0, 0.1) is 16.0 Å². The number of nitro groups is 1. The van der Waals surface area contributed by atoms with E-state index in [2.05, 4.69) is 5.32 Å². The molecule has 3 aliphatic heterocycles. The molecule has 3 heterocycles. The van der Waals surface area contributed by atoms with Gasteiger partial charge in [0.2, 0.25) is 5.91 Å². The summed E-state index contributed by atoms with van der Waals surface area (Å²) in [5.74, 6) is -0.930. The van der Waals surface area contributed by atoms with Crippen LogP contribution >= 0.6 is 0 Å². The molecule has 0 radical (unpaired) electrons. The van der Waals surface area contributed by atoms with Crippen molar-refractivity contribution in [3.63, 3.8) is 0 Å². The molecule has 8 heteroatoms. The Hall–Kier alpha value is -2.48. The zero-order valence-corrected chi connectivity index (χ0v) is 13.2. The SMILES string of the molecule is COC(=O)C1CC2(C(=O)Nc3ccc([N+](=O)[O-])cc32)N2CCCC12. The van der Waals surface area contributed by atoms with Gasteiger partial charge in [0.25, 0.3) is 5.69 Å². The molecule has 0 aromatic heterocycles. The van der Waals surface area contributed by atoms with Crippen molar-refractivity contribution in [1.82, 2.24) is 4.90 Å². The van der Waals surface area contributed by atoms with Crippen LogP contribution in [-0.2, 0) is 19.9 Å². The number of hydrogen-bond acceptors (Lipinski definition) is 6. The van der Waals surface area contributed by atoms with Crippen molar-refractivity contribution in [3.8, 4) is 0 Å². The third kappa shape index (κ3) is 1.77. The highest BCUT2D eigenvalue weighted by atomic mass is 16.6. The second-order valence-electron chi connectivity index (χ2n) is 6.54. The molecule has 1 aromatic carbocycles. The minimum absolute atomic E-state index is 0.0538. The highest BCUT2D eigenvalue weighted by Crippen LogP contribution is 2.54. The van der Waals surface area contributed by atoms with Gasteiger partial charge in [-0.05, 0) is 31.9 Å². The van der Waals surface area contributed by atoms with Crippen molar-refractivity contribution in [2.45, 2.75) is 30.8 Å². The molecule has 126 valence electrons. The topological polar surface area (TPSA) is 102 Å². The summed E-state index contributed by atoms with van der Waals surface area (Å²) < 4.78 is 4.92. The molecule has 8 nitrogen and oxygen atoms in total. The van der Waals surface area contributed by atoms with Crippen LogP contribution in [0.3, 0.4) is 0 Å². The lowest BCUT2D eigenvalue weighted by atomic mass is 9.84. The van der Waals surface area contributed by atoms with Gasteiger partial charge in [-0.1, -0.05) is 0 Å². The van der Waals surface area contributed by atoms with Gasteiger partial charge in [-0.15, -0.1) is 0 Å². The summed E-state index contributed by atoms with van der Waals surface area (Å²) in [5.41, 5.74) is 0.116. The van der Waals surface area contributed by atoms with Gasteiger partial charge in [-0.2, -0.15) is 0 Å². The average Bonchev–Trinajstić information content (AvgIpc) is 3.22.